The summed E-state index contributed by atoms with van der Waals surface area (Å²) < 4.78 is 6.29. The molecule has 3 rings (SSSR count). The van der Waals surface area contributed by atoms with Gasteiger partial charge in [-0.3, -0.25) is 0 Å². The Bertz CT molecular complexity index is 688. The van der Waals surface area contributed by atoms with Crippen LogP contribution in [-0.4, -0.2) is 32.1 Å². The molecule has 4 heteroatoms. The second-order valence-corrected chi connectivity index (χ2v) is 9.38. The van der Waals surface area contributed by atoms with Gasteiger partial charge in [-0.05, 0) is 0 Å². The Morgan fingerprint density at radius 1 is 1.17 bits per heavy atom. The van der Waals surface area contributed by atoms with E-state index in [0.29, 0.717) is 43.1 Å². The van der Waals surface area contributed by atoms with Crippen molar-refractivity contribution in [2.45, 2.75) is 55.8 Å². The van der Waals surface area contributed by atoms with Crippen molar-refractivity contribution in [3.63, 3.8) is 0 Å². The Morgan fingerprint density at radius 3 is 2.57 bits per heavy atom. The van der Waals surface area contributed by atoms with E-state index >= 15 is 0 Å². The summed E-state index contributed by atoms with van der Waals surface area (Å²) >= 11 is 0.415. The van der Waals surface area contributed by atoms with Crippen LogP contribution in [0.4, 0.5) is 0 Å². The van der Waals surface area contributed by atoms with E-state index in [2.05, 4.69) is 20.8 Å². The molecular weight excluding hydrogens is 355 g/mol. The van der Waals surface area contributed by atoms with Crippen LogP contribution in [0.5, 0.6) is 0 Å². The molecule has 0 aromatic heterocycles. The number of allylic oxidation sites excluding steroid dienone is 1. The van der Waals surface area contributed by atoms with Crippen LogP contribution in [0, 0.1) is 0 Å². The van der Waals surface area contributed by atoms with Crippen LogP contribution >= 0.6 is 0 Å². The Hall–Kier alpha value is -1.38. The second-order valence-electron chi connectivity index (χ2n) is 6.63. The van der Waals surface area contributed by atoms with Gasteiger partial charge in [-0.1, -0.05) is 0 Å². The van der Waals surface area contributed by atoms with Crippen LogP contribution < -0.4 is 0 Å². The summed E-state index contributed by atoms with van der Waals surface area (Å²) in [6.45, 7) is 6.41. The molecule has 1 aliphatic heterocycles. The summed E-state index contributed by atoms with van der Waals surface area (Å²) in [5.41, 5.74) is 1.55. The van der Waals surface area contributed by atoms with E-state index in [1.54, 1.807) is 12.1 Å². The molecule has 122 valence electrons. The van der Waals surface area contributed by atoms with Crippen LogP contribution in [-0.2, 0) is 9.53 Å². The summed E-state index contributed by atoms with van der Waals surface area (Å²) in [5, 5.41) is 1.20. The van der Waals surface area contributed by atoms with Crippen molar-refractivity contribution >= 4 is 32.3 Å². The molecule has 1 aromatic rings. The summed E-state index contributed by atoms with van der Waals surface area (Å²) in [7, 11) is 0. The first-order valence-corrected chi connectivity index (χ1v) is 10.4. The maximum atomic E-state index is 12.5. The molecule has 1 atom stereocenters. The number of Topliss-reactive ketones (excluding diaryl/α,β-unsaturated/α-hetero) is 2. The third-order valence-corrected chi connectivity index (χ3v) is 8.00. The van der Waals surface area contributed by atoms with Gasteiger partial charge in [0.05, 0.1) is 0 Å². The molecule has 0 spiro atoms. The summed E-state index contributed by atoms with van der Waals surface area (Å²) in [4.78, 5) is 25.2. The number of rotatable bonds is 4. The first kappa shape index (κ1) is 16.5. The minimum absolute atomic E-state index is 0.291. The molecule has 0 N–H and O–H groups in total. The summed E-state index contributed by atoms with van der Waals surface area (Å²) in [5.74, 6) is -0.120. The van der Waals surface area contributed by atoms with Crippen LogP contribution in [0.1, 0.15) is 56.0 Å². The zero-order valence-corrected chi connectivity index (χ0v) is 15.6. The van der Waals surface area contributed by atoms with Crippen molar-refractivity contribution in [2.75, 3.05) is 0 Å². The van der Waals surface area contributed by atoms with E-state index in [1.807, 2.05) is 12.1 Å². The van der Waals surface area contributed by atoms with Gasteiger partial charge in [-0.15, -0.1) is 0 Å². The molecule has 0 bridgehead atoms. The van der Waals surface area contributed by atoms with Gasteiger partial charge in [0.25, 0.3) is 0 Å². The molecule has 1 heterocycles. The maximum absolute atomic E-state index is 12.5. The van der Waals surface area contributed by atoms with Gasteiger partial charge >= 0.3 is 143 Å². The van der Waals surface area contributed by atoms with Gasteiger partial charge in [0.1, 0.15) is 0 Å². The fourth-order valence-corrected chi connectivity index (χ4v) is 6.19. The molecular formula is C19H22O3Se. The van der Waals surface area contributed by atoms with E-state index in [0.717, 1.165) is 5.56 Å². The molecule has 3 nitrogen and oxygen atoms in total. The molecule has 1 aromatic carbocycles. The number of unbranched alkanes of at least 4 members (excludes halogenated alkanes) is 1. The van der Waals surface area contributed by atoms with Gasteiger partial charge in [-0.2, -0.15) is 0 Å². The fraction of sp³-hybridized carbons (Fsp3) is 0.474. The molecule has 2 aliphatic rings. The first-order chi connectivity index (χ1) is 11.0. The van der Waals surface area contributed by atoms with Crippen LogP contribution in [0.3, 0.4) is 0 Å². The van der Waals surface area contributed by atoms with E-state index < -0.39 is 0 Å². The standard InChI is InChI=1S/C19H22O3Se/c1-4-5-10-23-15-11-14-17(21)16(20)12-8-6-7-9-13(12)18(14)22-19(15,2)3/h6-9,15H,4-5,10-11H2,1-3H3. The Kier molecular flexibility index (Phi) is 4.48. The van der Waals surface area contributed by atoms with Crippen LogP contribution in [0.25, 0.3) is 5.76 Å². The van der Waals surface area contributed by atoms with Crippen LogP contribution in [0.2, 0.25) is 10.1 Å². The van der Waals surface area contributed by atoms with Crippen molar-refractivity contribution in [3.05, 3.63) is 41.0 Å². The molecule has 1 unspecified atom stereocenters. The van der Waals surface area contributed by atoms with E-state index in [-0.39, 0.29) is 17.2 Å². The normalized spacial score (nSPS) is 22.5. The van der Waals surface area contributed by atoms with Crippen molar-refractivity contribution in [3.8, 4) is 0 Å². The summed E-state index contributed by atoms with van der Waals surface area (Å²) in [6.07, 6.45) is 3.08. The third kappa shape index (κ3) is 2.90. The fourth-order valence-electron chi connectivity index (χ4n) is 3.10. The molecule has 0 radical (unpaired) electrons. The first-order valence-electron chi connectivity index (χ1n) is 8.18. The van der Waals surface area contributed by atoms with Gasteiger partial charge < -0.3 is 0 Å². The predicted octanol–water partition coefficient (Wildman–Crippen LogP) is 4.07. The average Bonchev–Trinajstić information content (AvgIpc) is 2.53. The quantitative estimate of drug-likeness (QED) is 0.451. The Labute approximate surface area is 143 Å². The topological polar surface area (TPSA) is 43.4 Å². The molecule has 0 saturated carbocycles. The van der Waals surface area contributed by atoms with Crippen molar-refractivity contribution in [1.82, 2.24) is 0 Å². The van der Waals surface area contributed by atoms with Crippen molar-refractivity contribution in [1.29, 1.82) is 0 Å². The van der Waals surface area contributed by atoms with Crippen molar-refractivity contribution < 1.29 is 14.3 Å². The van der Waals surface area contributed by atoms with Crippen LogP contribution in [0.15, 0.2) is 29.8 Å². The number of benzene rings is 1. The van der Waals surface area contributed by atoms with Gasteiger partial charge in [0.2, 0.25) is 0 Å². The molecule has 1 aliphatic carbocycles. The zero-order valence-electron chi connectivity index (χ0n) is 13.8. The van der Waals surface area contributed by atoms with Crippen molar-refractivity contribution in [2.24, 2.45) is 0 Å². The molecule has 0 amide bonds. The van der Waals surface area contributed by atoms with E-state index in [9.17, 15) is 9.59 Å². The monoisotopic (exact) mass is 378 g/mol. The second kappa shape index (κ2) is 6.26. The number of fused-ring (bicyclic) bond motifs is 2. The number of hydrogen-bond acceptors (Lipinski definition) is 3. The number of carbonyl (C=O) groups is 2. The van der Waals surface area contributed by atoms with E-state index in [4.69, 9.17) is 4.74 Å². The van der Waals surface area contributed by atoms with Gasteiger partial charge in [0.15, 0.2) is 0 Å². The SMILES string of the molecule is CCCC[Se]C1CC2=C(OC1(C)C)c1ccccc1C(=O)C2=O. The number of ether oxygens (including phenoxy) is 1. The Balaban J connectivity index is 1.98. The van der Waals surface area contributed by atoms with Gasteiger partial charge in [0, 0.05) is 0 Å². The van der Waals surface area contributed by atoms with Gasteiger partial charge in [-0.25, -0.2) is 0 Å². The summed E-state index contributed by atoms with van der Waals surface area (Å²) in [6, 6.07) is 7.28. The average molecular weight is 377 g/mol. The molecule has 23 heavy (non-hydrogen) atoms. The number of carbonyl (C=O) groups excluding carboxylic acids is 2. The number of ketones is 2. The molecule has 0 saturated heterocycles. The molecule has 0 fully saturated rings. The minimum atomic E-state index is -0.387. The third-order valence-electron chi connectivity index (χ3n) is 4.52. The zero-order chi connectivity index (χ0) is 16.6. The number of hydrogen-bond donors (Lipinski definition) is 0. The Morgan fingerprint density at radius 2 is 1.87 bits per heavy atom. The van der Waals surface area contributed by atoms with E-state index in [1.165, 1.54) is 18.2 Å². The predicted molar refractivity (Wildman–Crippen MR) is 91.7 cm³/mol.